The number of nitrogens with zero attached hydrogens (tertiary/aromatic N) is 2. The number of urea groups is 1. The number of hydrogen-bond acceptors (Lipinski definition) is 3. The third-order valence-corrected chi connectivity index (χ3v) is 6.64. The van der Waals surface area contributed by atoms with Crippen LogP contribution in [0.1, 0.15) is 29.0 Å². The highest BCUT2D eigenvalue weighted by atomic mass is 35.5. The van der Waals surface area contributed by atoms with Crippen molar-refractivity contribution in [2.24, 2.45) is 0 Å². The molecule has 2 amide bonds. The molecule has 11 heteroatoms. The number of rotatable bonds is 7. The fraction of sp³-hybridized carbons (Fsp3) is 0.435. The maximum absolute atomic E-state index is 14.1. The largest absolute Gasteiger partial charge is 0.419 e. The summed E-state index contributed by atoms with van der Waals surface area (Å²) in [6.07, 6.45) is -4.33. The van der Waals surface area contributed by atoms with Crippen LogP contribution >= 0.6 is 23.2 Å². The Labute approximate surface area is 205 Å². The van der Waals surface area contributed by atoms with Crippen LogP contribution < -0.4 is 5.32 Å². The zero-order chi connectivity index (χ0) is 25.0. The van der Waals surface area contributed by atoms with E-state index in [0.29, 0.717) is 41.7 Å². The highest BCUT2D eigenvalue weighted by Crippen LogP contribution is 2.35. The third-order valence-electron chi connectivity index (χ3n) is 5.90. The average molecular weight is 522 g/mol. The molecular formula is C23H25Cl2F4N3O2. The second-order valence-corrected chi connectivity index (χ2v) is 9.10. The molecule has 5 nitrogen and oxygen atoms in total. The molecule has 1 aliphatic rings. The number of carbonyl (C=O) groups is 1. The van der Waals surface area contributed by atoms with Gasteiger partial charge in [0, 0.05) is 44.7 Å². The van der Waals surface area contributed by atoms with E-state index in [9.17, 15) is 22.4 Å². The first-order valence-corrected chi connectivity index (χ1v) is 11.4. The number of likely N-dealkylation sites (tertiary alicyclic amines) is 1. The number of amides is 2. The van der Waals surface area contributed by atoms with E-state index >= 15 is 0 Å². The quantitative estimate of drug-likeness (QED) is 0.391. The van der Waals surface area contributed by atoms with Crippen LogP contribution in [-0.4, -0.2) is 60.3 Å². The number of aliphatic hydroxyl groups is 1. The molecule has 3 rings (SSSR count). The van der Waals surface area contributed by atoms with Gasteiger partial charge < -0.3 is 15.3 Å². The minimum Gasteiger partial charge on any atom is -0.396 e. The lowest BCUT2D eigenvalue weighted by Gasteiger charge is -2.29. The molecule has 1 unspecified atom stereocenters. The van der Waals surface area contributed by atoms with Crippen LogP contribution in [0.15, 0.2) is 36.4 Å². The standard InChI is InChI=1S/C23H25Cl2F4N3O2/c1-31(11-14-3-5-17(20(26)9-14)23(27,28)29)21-13-32(22(34)30-7-2-8-33)12-16(21)15-4-6-18(24)19(25)10-15/h3-6,9-10,16,21,33H,2,7-8,11-13H2,1H3,(H,30,34)/t16-,21?/m1/s1. The van der Waals surface area contributed by atoms with Crippen LogP contribution in [0, 0.1) is 5.82 Å². The van der Waals surface area contributed by atoms with Gasteiger partial charge >= 0.3 is 12.2 Å². The third kappa shape index (κ3) is 6.33. The molecule has 0 saturated carbocycles. The van der Waals surface area contributed by atoms with Gasteiger partial charge in [-0.25, -0.2) is 9.18 Å². The molecule has 2 N–H and O–H groups in total. The smallest absolute Gasteiger partial charge is 0.396 e. The molecule has 0 radical (unpaired) electrons. The van der Waals surface area contributed by atoms with E-state index in [2.05, 4.69) is 5.32 Å². The molecule has 2 atom stereocenters. The summed E-state index contributed by atoms with van der Waals surface area (Å²) in [6, 6.07) is 7.62. The SMILES string of the molecule is CN(Cc1ccc(C(F)(F)F)c(F)c1)C1CN(C(=O)NCCCO)C[C@@H]1c1ccc(Cl)c(Cl)c1. The van der Waals surface area contributed by atoms with E-state index < -0.39 is 17.6 Å². The van der Waals surface area contributed by atoms with Crippen molar-refractivity contribution in [3.05, 3.63) is 69.0 Å². The molecule has 1 aliphatic heterocycles. The number of benzene rings is 2. The lowest BCUT2D eigenvalue weighted by molar-refractivity contribution is -0.140. The van der Waals surface area contributed by atoms with Crippen molar-refractivity contribution in [1.82, 2.24) is 15.1 Å². The maximum Gasteiger partial charge on any atom is 0.419 e. The fourth-order valence-corrected chi connectivity index (χ4v) is 4.45. The lowest BCUT2D eigenvalue weighted by atomic mass is 9.93. The second-order valence-electron chi connectivity index (χ2n) is 8.29. The van der Waals surface area contributed by atoms with Crippen LogP contribution in [0.5, 0.6) is 0 Å². The monoisotopic (exact) mass is 521 g/mol. The van der Waals surface area contributed by atoms with Gasteiger partial charge in [-0.15, -0.1) is 0 Å². The number of hydrogen-bond donors (Lipinski definition) is 2. The van der Waals surface area contributed by atoms with E-state index in [1.165, 1.54) is 6.07 Å². The molecule has 1 saturated heterocycles. The van der Waals surface area contributed by atoms with Crippen molar-refractivity contribution in [3.8, 4) is 0 Å². The van der Waals surface area contributed by atoms with Crippen molar-refractivity contribution >= 4 is 29.2 Å². The number of carbonyl (C=O) groups excluding carboxylic acids is 1. The van der Waals surface area contributed by atoms with E-state index in [-0.39, 0.29) is 31.1 Å². The number of aliphatic hydroxyl groups excluding tert-OH is 1. The van der Waals surface area contributed by atoms with Gasteiger partial charge in [0.25, 0.3) is 0 Å². The fourth-order valence-electron chi connectivity index (χ4n) is 4.15. The molecule has 0 bridgehead atoms. The van der Waals surface area contributed by atoms with Crippen LogP contribution in [-0.2, 0) is 12.7 Å². The zero-order valence-corrected chi connectivity index (χ0v) is 19.9. The highest BCUT2D eigenvalue weighted by molar-refractivity contribution is 6.42. The predicted molar refractivity (Wildman–Crippen MR) is 123 cm³/mol. The van der Waals surface area contributed by atoms with E-state index in [1.807, 2.05) is 11.0 Å². The first-order valence-electron chi connectivity index (χ1n) is 10.7. The zero-order valence-electron chi connectivity index (χ0n) is 18.4. The van der Waals surface area contributed by atoms with Gasteiger partial charge in [-0.05, 0) is 48.9 Å². The molecule has 1 fully saturated rings. The normalized spacial score (nSPS) is 18.6. The topological polar surface area (TPSA) is 55.8 Å². The van der Waals surface area contributed by atoms with Crippen LogP contribution in [0.2, 0.25) is 10.0 Å². The lowest BCUT2D eigenvalue weighted by Crippen LogP contribution is -2.41. The first-order chi connectivity index (χ1) is 16.0. The molecule has 2 aromatic carbocycles. The molecule has 34 heavy (non-hydrogen) atoms. The Bertz CT molecular complexity index is 1020. The van der Waals surface area contributed by atoms with Crippen LogP contribution in [0.3, 0.4) is 0 Å². The summed E-state index contributed by atoms with van der Waals surface area (Å²) in [6.45, 7) is 1.18. The van der Waals surface area contributed by atoms with Crippen molar-refractivity contribution in [3.63, 3.8) is 0 Å². The summed E-state index contributed by atoms with van der Waals surface area (Å²) >= 11 is 12.3. The Hall–Kier alpha value is -2.07. The van der Waals surface area contributed by atoms with Gasteiger partial charge in [0.1, 0.15) is 5.82 Å². The Morgan fingerprint density at radius 2 is 1.91 bits per heavy atom. The summed E-state index contributed by atoms with van der Waals surface area (Å²) in [5, 5.41) is 12.5. The first kappa shape index (κ1) is 26.5. The molecule has 1 heterocycles. The van der Waals surface area contributed by atoms with E-state index in [0.717, 1.165) is 17.7 Å². The van der Waals surface area contributed by atoms with Crippen molar-refractivity contribution < 1.29 is 27.5 Å². The minimum absolute atomic E-state index is 0.0404. The van der Waals surface area contributed by atoms with Crippen LogP contribution in [0.25, 0.3) is 0 Å². The summed E-state index contributed by atoms with van der Waals surface area (Å²) in [5.41, 5.74) is -0.0681. The van der Waals surface area contributed by atoms with Gasteiger partial charge in [0.2, 0.25) is 0 Å². The van der Waals surface area contributed by atoms with E-state index in [1.54, 1.807) is 24.1 Å². The van der Waals surface area contributed by atoms with E-state index in [4.69, 9.17) is 28.3 Å². The number of nitrogens with one attached hydrogen (secondary N) is 1. The van der Waals surface area contributed by atoms with Gasteiger partial charge in [0.05, 0.1) is 15.6 Å². The van der Waals surface area contributed by atoms with Crippen molar-refractivity contribution in [2.45, 2.75) is 31.1 Å². The molecule has 0 aliphatic carbocycles. The van der Waals surface area contributed by atoms with Gasteiger partial charge in [-0.2, -0.15) is 13.2 Å². The second kappa shape index (κ2) is 11.1. The minimum atomic E-state index is -4.76. The molecule has 0 aromatic heterocycles. The summed E-state index contributed by atoms with van der Waals surface area (Å²) < 4.78 is 52.7. The summed E-state index contributed by atoms with van der Waals surface area (Å²) in [5.74, 6) is -1.49. The Balaban J connectivity index is 1.82. The van der Waals surface area contributed by atoms with Crippen LogP contribution in [0.4, 0.5) is 22.4 Å². The van der Waals surface area contributed by atoms with Gasteiger partial charge in [-0.3, -0.25) is 4.90 Å². The molecule has 186 valence electrons. The summed E-state index contributed by atoms with van der Waals surface area (Å²) in [7, 11) is 1.78. The highest BCUT2D eigenvalue weighted by Gasteiger charge is 2.39. The number of halogens is 6. The van der Waals surface area contributed by atoms with Gasteiger partial charge in [0.15, 0.2) is 0 Å². The molecular weight excluding hydrogens is 497 g/mol. The summed E-state index contributed by atoms with van der Waals surface area (Å²) in [4.78, 5) is 16.2. The Kier molecular flexibility index (Phi) is 8.67. The number of alkyl halides is 3. The molecule has 2 aromatic rings. The average Bonchev–Trinajstić information content (AvgIpc) is 3.21. The van der Waals surface area contributed by atoms with Crippen molar-refractivity contribution in [1.29, 1.82) is 0 Å². The Morgan fingerprint density at radius 3 is 2.53 bits per heavy atom. The maximum atomic E-state index is 14.1. The number of likely N-dealkylation sites (N-methyl/N-ethyl adjacent to an activating group) is 1. The Morgan fingerprint density at radius 1 is 1.18 bits per heavy atom. The predicted octanol–water partition coefficient (Wildman–Crippen LogP) is 5.14. The van der Waals surface area contributed by atoms with Crippen molar-refractivity contribution in [2.75, 3.05) is 33.3 Å². The van der Waals surface area contributed by atoms with Gasteiger partial charge in [-0.1, -0.05) is 35.3 Å². The molecule has 0 spiro atoms.